The Morgan fingerprint density at radius 3 is 2.47 bits per heavy atom. The van der Waals surface area contributed by atoms with Crippen LogP contribution in [0, 0.1) is 17.8 Å². The smallest absolute Gasteiger partial charge is 0.121 e. The normalized spacial score (nSPS) is 21.9. The summed E-state index contributed by atoms with van der Waals surface area (Å²) in [6.07, 6.45) is 2.56. The SMILES string of the molecule is CC(C)C(=NOCC1CCCN(C)C1)C(C)C. The van der Waals surface area contributed by atoms with Crippen molar-refractivity contribution >= 4 is 5.71 Å². The fourth-order valence-corrected chi connectivity index (χ4v) is 2.50. The predicted octanol–water partition coefficient (Wildman–Crippen LogP) is 3.01. The molecule has 0 bridgehead atoms. The Bertz CT molecular complexity index is 239. The van der Waals surface area contributed by atoms with E-state index in [0.29, 0.717) is 17.8 Å². The molecular weight excluding hydrogens is 212 g/mol. The van der Waals surface area contributed by atoms with Crippen molar-refractivity contribution in [1.82, 2.24) is 4.90 Å². The highest BCUT2D eigenvalue weighted by Gasteiger charge is 2.18. The number of hydrogen-bond donors (Lipinski definition) is 0. The van der Waals surface area contributed by atoms with Gasteiger partial charge in [-0.25, -0.2) is 0 Å². The largest absolute Gasteiger partial charge is 0.395 e. The van der Waals surface area contributed by atoms with Gasteiger partial charge in [0.1, 0.15) is 6.61 Å². The first kappa shape index (κ1) is 14.5. The average Bonchev–Trinajstić information content (AvgIpc) is 2.23. The van der Waals surface area contributed by atoms with Crippen molar-refractivity contribution in [2.75, 3.05) is 26.7 Å². The van der Waals surface area contributed by atoms with Crippen LogP contribution in [0.4, 0.5) is 0 Å². The first-order chi connectivity index (χ1) is 8.00. The predicted molar refractivity (Wildman–Crippen MR) is 73.3 cm³/mol. The van der Waals surface area contributed by atoms with Crippen LogP contribution in [-0.2, 0) is 4.84 Å². The topological polar surface area (TPSA) is 24.8 Å². The van der Waals surface area contributed by atoms with Gasteiger partial charge in [0.05, 0.1) is 5.71 Å². The summed E-state index contributed by atoms with van der Waals surface area (Å²) in [6, 6.07) is 0. The number of nitrogens with zero attached hydrogens (tertiary/aromatic N) is 2. The van der Waals surface area contributed by atoms with Crippen molar-refractivity contribution in [2.24, 2.45) is 22.9 Å². The molecule has 0 amide bonds. The van der Waals surface area contributed by atoms with Gasteiger partial charge < -0.3 is 9.74 Å². The molecule has 0 spiro atoms. The quantitative estimate of drug-likeness (QED) is 0.545. The standard InChI is InChI=1S/C14H28N2O/c1-11(2)14(12(3)4)15-17-10-13-7-6-8-16(5)9-13/h11-13H,6-10H2,1-5H3. The first-order valence-corrected chi connectivity index (χ1v) is 6.89. The maximum absolute atomic E-state index is 5.57. The molecule has 1 fully saturated rings. The van der Waals surface area contributed by atoms with E-state index in [1.807, 2.05) is 0 Å². The third-order valence-corrected chi connectivity index (χ3v) is 3.39. The second kappa shape index (κ2) is 7.00. The molecule has 1 atom stereocenters. The third-order valence-electron chi connectivity index (χ3n) is 3.39. The van der Waals surface area contributed by atoms with Gasteiger partial charge in [-0.15, -0.1) is 0 Å². The van der Waals surface area contributed by atoms with Gasteiger partial charge in [-0.05, 0) is 38.3 Å². The van der Waals surface area contributed by atoms with Gasteiger partial charge in [-0.3, -0.25) is 0 Å². The Morgan fingerprint density at radius 1 is 1.29 bits per heavy atom. The second-order valence-electron chi connectivity index (χ2n) is 5.89. The minimum atomic E-state index is 0.476. The van der Waals surface area contributed by atoms with E-state index in [1.165, 1.54) is 25.1 Å². The molecule has 3 heteroatoms. The Hall–Kier alpha value is -0.570. The molecule has 100 valence electrons. The Kier molecular flexibility index (Phi) is 5.96. The van der Waals surface area contributed by atoms with Crippen LogP contribution >= 0.6 is 0 Å². The van der Waals surface area contributed by atoms with Crippen LogP contribution in [-0.4, -0.2) is 37.4 Å². The van der Waals surface area contributed by atoms with Gasteiger partial charge >= 0.3 is 0 Å². The lowest BCUT2D eigenvalue weighted by molar-refractivity contribution is 0.0706. The molecule has 1 unspecified atom stereocenters. The second-order valence-corrected chi connectivity index (χ2v) is 5.89. The number of piperidine rings is 1. The van der Waals surface area contributed by atoms with Gasteiger partial charge in [-0.2, -0.15) is 0 Å². The molecule has 1 heterocycles. The fraction of sp³-hybridized carbons (Fsp3) is 0.929. The van der Waals surface area contributed by atoms with E-state index in [4.69, 9.17) is 4.84 Å². The molecule has 17 heavy (non-hydrogen) atoms. The van der Waals surface area contributed by atoms with Gasteiger partial charge in [0.15, 0.2) is 0 Å². The van der Waals surface area contributed by atoms with Gasteiger partial charge in [-0.1, -0.05) is 32.9 Å². The molecule has 0 radical (unpaired) electrons. The van der Waals surface area contributed by atoms with Gasteiger partial charge in [0, 0.05) is 12.5 Å². The van der Waals surface area contributed by atoms with Crippen LogP contribution in [0.2, 0.25) is 0 Å². The monoisotopic (exact) mass is 240 g/mol. The van der Waals surface area contributed by atoms with Crippen LogP contribution in [0.1, 0.15) is 40.5 Å². The van der Waals surface area contributed by atoms with E-state index < -0.39 is 0 Å². The van der Waals surface area contributed by atoms with Crippen LogP contribution in [0.15, 0.2) is 5.16 Å². The molecule has 0 aromatic carbocycles. The summed E-state index contributed by atoms with van der Waals surface area (Å²) in [5, 5.41) is 4.34. The number of likely N-dealkylation sites (tertiary alicyclic amines) is 1. The molecule has 0 aliphatic carbocycles. The molecule has 0 N–H and O–H groups in total. The fourth-order valence-electron chi connectivity index (χ4n) is 2.50. The zero-order chi connectivity index (χ0) is 12.8. The Labute approximate surface area is 106 Å². The highest BCUT2D eigenvalue weighted by Crippen LogP contribution is 2.16. The van der Waals surface area contributed by atoms with Crippen LogP contribution < -0.4 is 0 Å². The lowest BCUT2D eigenvalue weighted by Crippen LogP contribution is -2.34. The van der Waals surface area contributed by atoms with E-state index in [-0.39, 0.29) is 0 Å². The van der Waals surface area contributed by atoms with Crippen molar-refractivity contribution < 1.29 is 4.84 Å². The van der Waals surface area contributed by atoms with E-state index in [9.17, 15) is 0 Å². The van der Waals surface area contributed by atoms with Gasteiger partial charge in [0.2, 0.25) is 0 Å². The number of oxime groups is 1. The summed E-state index contributed by atoms with van der Waals surface area (Å²) < 4.78 is 0. The number of rotatable bonds is 5. The number of hydrogen-bond acceptors (Lipinski definition) is 3. The molecule has 0 aromatic rings. The zero-order valence-electron chi connectivity index (χ0n) is 12.1. The highest BCUT2D eigenvalue weighted by molar-refractivity contribution is 5.87. The van der Waals surface area contributed by atoms with E-state index in [0.717, 1.165) is 13.2 Å². The Balaban J connectivity index is 2.36. The van der Waals surface area contributed by atoms with Crippen molar-refractivity contribution in [3.63, 3.8) is 0 Å². The van der Waals surface area contributed by atoms with E-state index in [1.54, 1.807) is 0 Å². The minimum absolute atomic E-state index is 0.476. The lowest BCUT2D eigenvalue weighted by atomic mass is 9.98. The van der Waals surface area contributed by atoms with Crippen molar-refractivity contribution in [3.8, 4) is 0 Å². The van der Waals surface area contributed by atoms with E-state index in [2.05, 4.69) is 44.8 Å². The van der Waals surface area contributed by atoms with Crippen LogP contribution in [0.25, 0.3) is 0 Å². The van der Waals surface area contributed by atoms with Crippen LogP contribution in [0.5, 0.6) is 0 Å². The summed E-state index contributed by atoms with van der Waals surface area (Å²) in [4.78, 5) is 7.95. The van der Waals surface area contributed by atoms with E-state index >= 15 is 0 Å². The molecule has 3 nitrogen and oxygen atoms in total. The van der Waals surface area contributed by atoms with Gasteiger partial charge in [0.25, 0.3) is 0 Å². The molecule has 1 aliphatic heterocycles. The first-order valence-electron chi connectivity index (χ1n) is 6.89. The maximum Gasteiger partial charge on any atom is 0.121 e. The molecule has 0 saturated carbocycles. The molecule has 1 rings (SSSR count). The lowest BCUT2D eigenvalue weighted by Gasteiger charge is -2.28. The van der Waals surface area contributed by atoms with Crippen molar-refractivity contribution in [2.45, 2.75) is 40.5 Å². The summed E-state index contributed by atoms with van der Waals surface area (Å²) in [6.45, 7) is 11.9. The molecule has 1 saturated heterocycles. The minimum Gasteiger partial charge on any atom is -0.395 e. The average molecular weight is 240 g/mol. The summed E-state index contributed by atoms with van der Waals surface area (Å²) in [7, 11) is 2.18. The molecule has 1 aliphatic rings. The van der Waals surface area contributed by atoms with Crippen molar-refractivity contribution in [1.29, 1.82) is 0 Å². The van der Waals surface area contributed by atoms with Crippen molar-refractivity contribution in [3.05, 3.63) is 0 Å². The summed E-state index contributed by atoms with van der Waals surface area (Å²) in [5.74, 6) is 1.60. The van der Waals surface area contributed by atoms with Crippen LogP contribution in [0.3, 0.4) is 0 Å². The summed E-state index contributed by atoms with van der Waals surface area (Å²) >= 11 is 0. The summed E-state index contributed by atoms with van der Waals surface area (Å²) in [5.41, 5.74) is 1.18. The molecule has 0 aromatic heterocycles. The Morgan fingerprint density at radius 2 is 1.94 bits per heavy atom. The molecular formula is C14H28N2O. The highest BCUT2D eigenvalue weighted by atomic mass is 16.6. The third kappa shape index (κ3) is 5.07. The maximum atomic E-state index is 5.57. The zero-order valence-corrected chi connectivity index (χ0v) is 12.1.